The Labute approximate surface area is 106 Å². The van der Waals surface area contributed by atoms with E-state index in [1.165, 1.54) is 6.20 Å². The van der Waals surface area contributed by atoms with Gasteiger partial charge in [0.15, 0.2) is 0 Å². The van der Waals surface area contributed by atoms with E-state index >= 15 is 0 Å². The molecule has 0 saturated carbocycles. The minimum absolute atomic E-state index is 0.0915. The second-order valence-electron chi connectivity index (χ2n) is 4.67. The third kappa shape index (κ3) is 2.53. The number of pyridine rings is 1. The van der Waals surface area contributed by atoms with Crippen LogP contribution in [0.25, 0.3) is 0 Å². The third-order valence-electron chi connectivity index (χ3n) is 2.87. The number of rotatable bonds is 2. The lowest BCUT2D eigenvalue weighted by Gasteiger charge is -2.36. The fourth-order valence-electron chi connectivity index (χ4n) is 2.26. The van der Waals surface area contributed by atoms with Gasteiger partial charge in [-0.1, -0.05) is 0 Å². The van der Waals surface area contributed by atoms with Crippen molar-refractivity contribution in [2.45, 2.75) is 26.1 Å². The van der Waals surface area contributed by atoms with Gasteiger partial charge < -0.3 is 21.1 Å². The summed E-state index contributed by atoms with van der Waals surface area (Å²) < 4.78 is 5.65. The second-order valence-corrected chi connectivity index (χ2v) is 4.67. The lowest BCUT2D eigenvalue weighted by Crippen LogP contribution is -2.46. The molecular formula is C12H18N4O2. The van der Waals surface area contributed by atoms with E-state index in [0.29, 0.717) is 30.2 Å². The molecule has 1 fully saturated rings. The summed E-state index contributed by atoms with van der Waals surface area (Å²) >= 11 is 0. The molecule has 0 spiro atoms. The van der Waals surface area contributed by atoms with Crippen molar-refractivity contribution in [3.8, 4) is 0 Å². The van der Waals surface area contributed by atoms with Crippen molar-refractivity contribution in [1.29, 1.82) is 0 Å². The predicted octanol–water partition coefficient (Wildman–Crippen LogP) is 0.376. The molecule has 2 atom stereocenters. The zero-order chi connectivity index (χ0) is 13.3. The highest BCUT2D eigenvalue weighted by Gasteiger charge is 2.26. The number of ether oxygens (including phenoxy) is 1. The third-order valence-corrected chi connectivity index (χ3v) is 2.87. The summed E-state index contributed by atoms with van der Waals surface area (Å²) in [5, 5.41) is 0. The number of hydrogen-bond acceptors (Lipinski definition) is 5. The summed E-state index contributed by atoms with van der Waals surface area (Å²) in [7, 11) is 0. The van der Waals surface area contributed by atoms with Gasteiger partial charge in [-0.25, -0.2) is 4.98 Å². The van der Waals surface area contributed by atoms with Crippen molar-refractivity contribution < 1.29 is 9.53 Å². The van der Waals surface area contributed by atoms with Gasteiger partial charge in [-0.15, -0.1) is 0 Å². The van der Waals surface area contributed by atoms with E-state index in [-0.39, 0.29) is 12.2 Å². The smallest absolute Gasteiger partial charge is 0.252 e. The summed E-state index contributed by atoms with van der Waals surface area (Å²) in [5.74, 6) is 0.0651. The molecule has 2 heterocycles. The number of anilines is 2. The van der Waals surface area contributed by atoms with Crippen LogP contribution in [-0.4, -0.2) is 36.2 Å². The van der Waals surface area contributed by atoms with Gasteiger partial charge in [-0.05, 0) is 19.9 Å². The zero-order valence-corrected chi connectivity index (χ0v) is 10.6. The molecule has 1 saturated heterocycles. The van der Waals surface area contributed by atoms with Crippen LogP contribution in [0.3, 0.4) is 0 Å². The highest BCUT2D eigenvalue weighted by molar-refractivity contribution is 5.98. The van der Waals surface area contributed by atoms with Crippen LogP contribution in [0.4, 0.5) is 11.5 Å². The van der Waals surface area contributed by atoms with Crippen LogP contribution in [0, 0.1) is 0 Å². The highest BCUT2D eigenvalue weighted by Crippen LogP contribution is 2.23. The predicted molar refractivity (Wildman–Crippen MR) is 69.4 cm³/mol. The van der Waals surface area contributed by atoms with E-state index in [9.17, 15) is 4.79 Å². The Morgan fingerprint density at radius 1 is 1.44 bits per heavy atom. The van der Waals surface area contributed by atoms with Crippen molar-refractivity contribution in [2.75, 3.05) is 23.7 Å². The lowest BCUT2D eigenvalue weighted by molar-refractivity contribution is -0.00551. The molecule has 1 aromatic heterocycles. The van der Waals surface area contributed by atoms with Gasteiger partial charge in [0.2, 0.25) is 0 Å². The fraction of sp³-hybridized carbons (Fsp3) is 0.500. The molecule has 4 N–H and O–H groups in total. The maximum absolute atomic E-state index is 11.4. The molecule has 0 unspecified atom stereocenters. The van der Waals surface area contributed by atoms with Crippen LogP contribution in [0.1, 0.15) is 24.2 Å². The summed E-state index contributed by atoms with van der Waals surface area (Å²) in [6.45, 7) is 5.34. The van der Waals surface area contributed by atoms with Gasteiger partial charge in [0.05, 0.1) is 29.7 Å². The molecule has 6 nitrogen and oxygen atoms in total. The van der Waals surface area contributed by atoms with Crippen LogP contribution < -0.4 is 16.4 Å². The largest absolute Gasteiger partial charge is 0.397 e. The maximum Gasteiger partial charge on any atom is 0.252 e. The molecule has 2 rings (SSSR count). The van der Waals surface area contributed by atoms with Crippen LogP contribution in [0.5, 0.6) is 0 Å². The Bertz CT molecular complexity index is 453. The van der Waals surface area contributed by atoms with Crippen molar-refractivity contribution in [3.63, 3.8) is 0 Å². The van der Waals surface area contributed by atoms with Crippen LogP contribution >= 0.6 is 0 Å². The molecule has 1 aromatic rings. The van der Waals surface area contributed by atoms with Gasteiger partial charge in [-0.2, -0.15) is 0 Å². The van der Waals surface area contributed by atoms with Crippen LogP contribution in [-0.2, 0) is 4.74 Å². The average molecular weight is 250 g/mol. The quantitative estimate of drug-likeness (QED) is 0.791. The van der Waals surface area contributed by atoms with Gasteiger partial charge in [0.1, 0.15) is 5.82 Å². The molecule has 1 aliphatic heterocycles. The van der Waals surface area contributed by atoms with E-state index in [0.717, 1.165) is 0 Å². The number of nitrogens with zero attached hydrogens (tertiary/aromatic N) is 2. The number of nitrogens with two attached hydrogens (primary N) is 2. The standard InChI is InChI=1S/C12H18N4O2/c1-7-5-16(6-8(2)18-7)12-10(11(14)17)3-9(13)4-15-12/h3-4,7-8H,5-6,13H2,1-2H3,(H2,14,17)/t7-,8+. The van der Waals surface area contributed by atoms with Crippen molar-refractivity contribution in [3.05, 3.63) is 17.8 Å². The normalized spacial score (nSPS) is 24.0. The molecule has 18 heavy (non-hydrogen) atoms. The lowest BCUT2D eigenvalue weighted by atomic mass is 10.1. The molecule has 6 heteroatoms. The monoisotopic (exact) mass is 250 g/mol. The van der Waals surface area contributed by atoms with Crippen molar-refractivity contribution in [1.82, 2.24) is 4.98 Å². The number of carbonyl (C=O) groups excluding carboxylic acids is 1. The minimum atomic E-state index is -0.517. The summed E-state index contributed by atoms with van der Waals surface area (Å²) in [4.78, 5) is 17.7. The van der Waals surface area contributed by atoms with E-state index in [1.807, 2.05) is 18.7 Å². The first-order valence-corrected chi connectivity index (χ1v) is 5.93. The molecule has 1 amide bonds. The molecule has 0 bridgehead atoms. The Hall–Kier alpha value is -1.82. The molecule has 0 aliphatic carbocycles. The van der Waals surface area contributed by atoms with E-state index in [4.69, 9.17) is 16.2 Å². The SMILES string of the molecule is C[C@@H]1CN(c2ncc(N)cc2C(N)=O)C[C@H](C)O1. The number of aromatic nitrogens is 1. The first kappa shape index (κ1) is 12.6. The minimum Gasteiger partial charge on any atom is -0.397 e. The maximum atomic E-state index is 11.4. The summed E-state index contributed by atoms with van der Waals surface area (Å²) in [6, 6.07) is 1.56. The molecule has 1 aliphatic rings. The van der Waals surface area contributed by atoms with Crippen molar-refractivity contribution >= 4 is 17.4 Å². The molecule has 98 valence electrons. The van der Waals surface area contributed by atoms with Gasteiger partial charge in [-0.3, -0.25) is 4.79 Å². The summed E-state index contributed by atoms with van der Waals surface area (Å²) in [6.07, 6.45) is 1.72. The zero-order valence-electron chi connectivity index (χ0n) is 10.6. The Kier molecular flexibility index (Phi) is 3.38. The highest BCUT2D eigenvalue weighted by atomic mass is 16.5. The number of amides is 1. The Morgan fingerprint density at radius 3 is 2.61 bits per heavy atom. The van der Waals surface area contributed by atoms with Crippen LogP contribution in [0.15, 0.2) is 12.3 Å². The Balaban J connectivity index is 2.35. The topological polar surface area (TPSA) is 94.5 Å². The van der Waals surface area contributed by atoms with Gasteiger partial charge >= 0.3 is 0 Å². The van der Waals surface area contributed by atoms with E-state index in [2.05, 4.69) is 4.98 Å². The number of nitrogen functional groups attached to an aromatic ring is 1. The van der Waals surface area contributed by atoms with Crippen LogP contribution in [0.2, 0.25) is 0 Å². The number of carbonyl (C=O) groups is 1. The Morgan fingerprint density at radius 2 is 2.06 bits per heavy atom. The van der Waals surface area contributed by atoms with E-state index < -0.39 is 5.91 Å². The summed E-state index contributed by atoms with van der Waals surface area (Å²) in [5.41, 5.74) is 11.8. The van der Waals surface area contributed by atoms with Crippen molar-refractivity contribution in [2.24, 2.45) is 5.73 Å². The van der Waals surface area contributed by atoms with Gasteiger partial charge in [0.25, 0.3) is 5.91 Å². The first-order chi connectivity index (χ1) is 8.47. The number of morpholine rings is 1. The molecular weight excluding hydrogens is 232 g/mol. The molecule has 0 aromatic carbocycles. The number of hydrogen-bond donors (Lipinski definition) is 2. The number of primary amides is 1. The van der Waals surface area contributed by atoms with E-state index in [1.54, 1.807) is 6.07 Å². The fourth-order valence-corrected chi connectivity index (χ4v) is 2.26. The molecule has 0 radical (unpaired) electrons. The average Bonchev–Trinajstić information content (AvgIpc) is 2.27. The van der Waals surface area contributed by atoms with Gasteiger partial charge in [0, 0.05) is 13.1 Å². The first-order valence-electron chi connectivity index (χ1n) is 5.93. The second kappa shape index (κ2) is 4.81.